The fraction of sp³-hybridized carbons (Fsp3) is 0.900. The molecule has 2 rings (SSSR count). The molecule has 3 nitrogen and oxygen atoms in total. The van der Waals surface area contributed by atoms with Crippen LogP contribution >= 0.6 is 0 Å². The van der Waals surface area contributed by atoms with Crippen LogP contribution in [0.3, 0.4) is 0 Å². The molecule has 2 fully saturated rings. The highest BCUT2D eigenvalue weighted by Crippen LogP contribution is 2.59. The SMILES string of the molecule is C=C(OCC)[C@H]1C[C@]1(C)CC[C@@H](C)OC1O[C@@H](C)C(C)C[C@H]1C. The van der Waals surface area contributed by atoms with Crippen molar-refractivity contribution in [2.24, 2.45) is 23.2 Å². The van der Waals surface area contributed by atoms with Crippen molar-refractivity contribution in [2.75, 3.05) is 6.61 Å². The standard InChI is InChI=1S/C20H36O3/c1-8-21-17(6)18-12-20(18,7)10-9-15(4)22-19-14(3)11-13(2)16(5)23-19/h13-16,18-19H,6,8-12H2,1-5,7H3/t13?,14-,15-,16+,18-,19?,20+/m1/s1. The zero-order valence-corrected chi connectivity index (χ0v) is 15.9. The van der Waals surface area contributed by atoms with Gasteiger partial charge in [0.1, 0.15) is 0 Å². The summed E-state index contributed by atoms with van der Waals surface area (Å²) in [6.07, 6.45) is 5.11. The minimum atomic E-state index is -0.0441. The Balaban J connectivity index is 1.73. The van der Waals surface area contributed by atoms with Crippen LogP contribution in [0.4, 0.5) is 0 Å². The van der Waals surface area contributed by atoms with Crippen LogP contribution in [0.5, 0.6) is 0 Å². The highest BCUT2D eigenvalue weighted by molar-refractivity contribution is 5.12. The van der Waals surface area contributed by atoms with Crippen molar-refractivity contribution < 1.29 is 14.2 Å². The maximum atomic E-state index is 6.21. The molecule has 1 aliphatic carbocycles. The van der Waals surface area contributed by atoms with E-state index in [0.29, 0.717) is 29.3 Å². The zero-order chi connectivity index (χ0) is 17.2. The van der Waals surface area contributed by atoms with Crippen LogP contribution < -0.4 is 0 Å². The molecule has 1 aliphatic heterocycles. The van der Waals surface area contributed by atoms with Gasteiger partial charge in [0, 0.05) is 11.8 Å². The Morgan fingerprint density at radius 2 is 2.00 bits per heavy atom. The number of hydrogen-bond donors (Lipinski definition) is 0. The van der Waals surface area contributed by atoms with Gasteiger partial charge in [-0.2, -0.15) is 0 Å². The van der Waals surface area contributed by atoms with Crippen molar-refractivity contribution in [3.05, 3.63) is 12.3 Å². The Hall–Kier alpha value is -0.540. The molecule has 1 heterocycles. The molecule has 7 atom stereocenters. The Labute approximate surface area is 142 Å². The van der Waals surface area contributed by atoms with Crippen molar-refractivity contribution in [3.63, 3.8) is 0 Å². The van der Waals surface area contributed by atoms with E-state index in [1.54, 1.807) is 0 Å². The molecule has 0 amide bonds. The predicted octanol–water partition coefficient (Wildman–Crippen LogP) is 5.16. The van der Waals surface area contributed by atoms with Crippen LogP contribution in [0.2, 0.25) is 0 Å². The van der Waals surface area contributed by atoms with Gasteiger partial charge in [-0.05, 0) is 57.8 Å². The molecule has 1 saturated carbocycles. The van der Waals surface area contributed by atoms with Gasteiger partial charge in [0.05, 0.1) is 24.6 Å². The van der Waals surface area contributed by atoms with E-state index in [2.05, 4.69) is 41.2 Å². The van der Waals surface area contributed by atoms with Gasteiger partial charge in [0.2, 0.25) is 0 Å². The van der Waals surface area contributed by atoms with Crippen LogP contribution in [0, 0.1) is 23.2 Å². The zero-order valence-electron chi connectivity index (χ0n) is 15.9. The fourth-order valence-electron chi connectivity index (χ4n) is 3.84. The smallest absolute Gasteiger partial charge is 0.160 e. The first-order chi connectivity index (χ1) is 10.8. The average Bonchev–Trinajstić information content (AvgIpc) is 3.16. The van der Waals surface area contributed by atoms with Gasteiger partial charge < -0.3 is 14.2 Å². The molecule has 0 aromatic rings. The Bertz CT molecular complexity index is 408. The first-order valence-electron chi connectivity index (χ1n) is 9.39. The van der Waals surface area contributed by atoms with Crippen LogP contribution in [-0.2, 0) is 14.2 Å². The van der Waals surface area contributed by atoms with Gasteiger partial charge >= 0.3 is 0 Å². The van der Waals surface area contributed by atoms with Crippen LogP contribution in [0.25, 0.3) is 0 Å². The second-order valence-electron chi connectivity index (χ2n) is 8.20. The third kappa shape index (κ3) is 4.73. The first kappa shape index (κ1) is 18.8. The maximum absolute atomic E-state index is 6.21. The lowest BCUT2D eigenvalue weighted by Gasteiger charge is -2.38. The molecule has 2 aliphatic rings. The summed E-state index contributed by atoms with van der Waals surface area (Å²) in [7, 11) is 0. The molecular weight excluding hydrogens is 288 g/mol. The van der Waals surface area contributed by atoms with Gasteiger partial charge in [0.15, 0.2) is 6.29 Å². The molecular formula is C20H36O3. The molecule has 0 aromatic carbocycles. The quantitative estimate of drug-likeness (QED) is 0.578. The minimum Gasteiger partial charge on any atom is -0.499 e. The topological polar surface area (TPSA) is 27.7 Å². The van der Waals surface area contributed by atoms with Gasteiger partial charge in [0.25, 0.3) is 0 Å². The van der Waals surface area contributed by atoms with E-state index in [4.69, 9.17) is 14.2 Å². The molecule has 1 saturated heterocycles. The van der Waals surface area contributed by atoms with Crippen molar-refractivity contribution in [1.29, 1.82) is 0 Å². The van der Waals surface area contributed by atoms with Gasteiger partial charge in [-0.3, -0.25) is 0 Å². The highest BCUT2D eigenvalue weighted by atomic mass is 16.7. The summed E-state index contributed by atoms with van der Waals surface area (Å²) in [5, 5.41) is 0. The number of ether oxygens (including phenoxy) is 3. The van der Waals surface area contributed by atoms with Gasteiger partial charge in [-0.15, -0.1) is 0 Å². The van der Waals surface area contributed by atoms with E-state index in [1.165, 1.54) is 12.8 Å². The van der Waals surface area contributed by atoms with Crippen molar-refractivity contribution in [3.8, 4) is 0 Å². The third-order valence-electron chi connectivity index (χ3n) is 5.92. The minimum absolute atomic E-state index is 0.0441. The third-order valence-corrected chi connectivity index (χ3v) is 5.92. The molecule has 0 spiro atoms. The van der Waals surface area contributed by atoms with Crippen LogP contribution in [0.1, 0.15) is 67.2 Å². The lowest BCUT2D eigenvalue weighted by atomic mass is 9.90. The first-order valence-corrected chi connectivity index (χ1v) is 9.39. The summed E-state index contributed by atoms with van der Waals surface area (Å²) in [6.45, 7) is 18.0. The monoisotopic (exact) mass is 324 g/mol. The Morgan fingerprint density at radius 3 is 2.65 bits per heavy atom. The molecule has 0 N–H and O–H groups in total. The molecule has 0 bridgehead atoms. The second kappa shape index (κ2) is 7.57. The normalized spacial score (nSPS) is 41.4. The summed E-state index contributed by atoms with van der Waals surface area (Å²) in [4.78, 5) is 0. The number of hydrogen-bond acceptors (Lipinski definition) is 3. The summed E-state index contributed by atoms with van der Waals surface area (Å²) in [6, 6.07) is 0. The molecule has 134 valence electrons. The lowest BCUT2D eigenvalue weighted by Crippen LogP contribution is -2.40. The van der Waals surface area contributed by atoms with Crippen LogP contribution in [-0.4, -0.2) is 25.1 Å². The van der Waals surface area contributed by atoms with Gasteiger partial charge in [-0.25, -0.2) is 0 Å². The average molecular weight is 325 g/mol. The summed E-state index contributed by atoms with van der Waals surface area (Å²) < 4.78 is 17.9. The molecule has 3 heteroatoms. The van der Waals surface area contributed by atoms with E-state index >= 15 is 0 Å². The predicted molar refractivity (Wildman–Crippen MR) is 94.0 cm³/mol. The van der Waals surface area contributed by atoms with Crippen LogP contribution in [0.15, 0.2) is 12.3 Å². The number of rotatable bonds is 8. The van der Waals surface area contributed by atoms with E-state index in [1.807, 2.05) is 6.92 Å². The number of allylic oxidation sites excluding steroid dienone is 1. The highest BCUT2D eigenvalue weighted by Gasteiger charge is 2.51. The lowest BCUT2D eigenvalue weighted by molar-refractivity contribution is -0.244. The maximum Gasteiger partial charge on any atom is 0.160 e. The van der Waals surface area contributed by atoms with E-state index in [9.17, 15) is 0 Å². The van der Waals surface area contributed by atoms with Crippen molar-refractivity contribution in [1.82, 2.24) is 0 Å². The molecule has 0 radical (unpaired) electrons. The largest absolute Gasteiger partial charge is 0.499 e. The second-order valence-corrected chi connectivity index (χ2v) is 8.20. The van der Waals surface area contributed by atoms with Crippen molar-refractivity contribution >= 4 is 0 Å². The van der Waals surface area contributed by atoms with Gasteiger partial charge in [-0.1, -0.05) is 27.4 Å². The summed E-state index contributed by atoms with van der Waals surface area (Å²) in [5.74, 6) is 2.59. The molecule has 0 aromatic heterocycles. The van der Waals surface area contributed by atoms with Crippen molar-refractivity contribution in [2.45, 2.75) is 85.7 Å². The summed E-state index contributed by atoms with van der Waals surface area (Å²) >= 11 is 0. The summed E-state index contributed by atoms with van der Waals surface area (Å²) in [5.41, 5.74) is 0.352. The molecule has 2 unspecified atom stereocenters. The van der Waals surface area contributed by atoms with E-state index in [0.717, 1.165) is 25.2 Å². The fourth-order valence-corrected chi connectivity index (χ4v) is 3.84. The van der Waals surface area contributed by atoms with E-state index < -0.39 is 0 Å². The van der Waals surface area contributed by atoms with E-state index in [-0.39, 0.29) is 12.4 Å². The Kier molecular flexibility index (Phi) is 6.18. The molecule has 23 heavy (non-hydrogen) atoms. The Morgan fingerprint density at radius 1 is 1.30 bits per heavy atom.